The van der Waals surface area contributed by atoms with Gasteiger partial charge in [-0.25, -0.2) is 4.39 Å². The second kappa shape index (κ2) is 8.69. The number of hydrogen-bond acceptors (Lipinski definition) is 4. The molecule has 1 aliphatic heterocycles. The lowest BCUT2D eigenvalue weighted by Crippen LogP contribution is -2.31. The molecule has 1 N–H and O–H groups in total. The van der Waals surface area contributed by atoms with Gasteiger partial charge in [-0.1, -0.05) is 46.3 Å². The molecule has 2 aliphatic rings. The predicted molar refractivity (Wildman–Crippen MR) is 130 cm³/mol. The molecule has 1 aliphatic carbocycles. The molecule has 8 heteroatoms. The molecule has 32 heavy (non-hydrogen) atoms. The summed E-state index contributed by atoms with van der Waals surface area (Å²) in [6.07, 6.45) is 0.716. The van der Waals surface area contributed by atoms with Crippen LogP contribution in [0.2, 0.25) is 0 Å². The molecule has 0 spiro atoms. The van der Waals surface area contributed by atoms with Crippen LogP contribution in [0, 0.1) is 21.8 Å². The largest absolute Gasteiger partial charge is 0.378 e. The van der Waals surface area contributed by atoms with Gasteiger partial charge in [0.2, 0.25) is 0 Å². The van der Waals surface area contributed by atoms with Crippen LogP contribution in [0.5, 0.6) is 0 Å². The first-order chi connectivity index (χ1) is 15.4. The van der Waals surface area contributed by atoms with Gasteiger partial charge in [-0.15, -0.1) is 23.4 Å². The zero-order valence-corrected chi connectivity index (χ0v) is 19.9. The monoisotopic (exact) mass is 532 g/mol. The van der Waals surface area contributed by atoms with Crippen LogP contribution in [0.15, 0.2) is 76.1 Å². The average Bonchev–Trinajstić information content (AvgIpc) is 3.10. The van der Waals surface area contributed by atoms with Gasteiger partial charge in [0.05, 0.1) is 21.2 Å². The van der Waals surface area contributed by atoms with E-state index in [1.165, 1.54) is 23.9 Å². The number of fused-ring (bicyclic) bond motifs is 3. The average molecular weight is 534 g/mol. The Bertz CT molecular complexity index is 1200. The highest BCUT2D eigenvalue weighted by Gasteiger charge is 2.50. The third-order valence-electron chi connectivity index (χ3n) is 6.36. The van der Waals surface area contributed by atoms with Crippen molar-refractivity contribution in [1.29, 1.82) is 0 Å². The molecule has 5 rings (SSSR count). The van der Waals surface area contributed by atoms with Crippen molar-refractivity contribution in [2.75, 3.05) is 5.32 Å². The zero-order valence-electron chi connectivity index (χ0n) is 16.8. The molecule has 3 aromatic carbocycles. The van der Waals surface area contributed by atoms with Crippen molar-refractivity contribution >= 4 is 50.7 Å². The fraction of sp³-hybridized carbons (Fsp3) is 0.250. The van der Waals surface area contributed by atoms with Crippen LogP contribution in [0.4, 0.5) is 15.8 Å². The second-order valence-electron chi connectivity index (χ2n) is 8.13. The van der Waals surface area contributed by atoms with E-state index < -0.39 is 0 Å². The summed E-state index contributed by atoms with van der Waals surface area (Å²) in [6.45, 7) is 0. The van der Waals surface area contributed by atoms with Gasteiger partial charge in [0.1, 0.15) is 5.82 Å². The highest BCUT2D eigenvalue weighted by atomic mass is 79.9. The van der Waals surface area contributed by atoms with Gasteiger partial charge < -0.3 is 5.32 Å². The molecule has 0 radical (unpaired) electrons. The SMILES string of the molecule is O=[N+]([O-])c1ccccc1S[C@H]1C[C@H]2[C@@H](c3cc(Br)ccc3N[C@@H]2c2ccccc2F)[C@H]1Cl. The van der Waals surface area contributed by atoms with Crippen LogP contribution in [0.3, 0.4) is 0 Å². The number of halogens is 3. The first-order valence-corrected chi connectivity index (χ1v) is 12.4. The summed E-state index contributed by atoms with van der Waals surface area (Å²) in [6, 6.07) is 19.4. The lowest BCUT2D eigenvalue weighted by atomic mass is 9.77. The molecule has 0 unspecified atom stereocenters. The van der Waals surface area contributed by atoms with E-state index in [1.807, 2.05) is 24.3 Å². The predicted octanol–water partition coefficient (Wildman–Crippen LogP) is 7.54. The Balaban J connectivity index is 1.55. The van der Waals surface area contributed by atoms with E-state index in [0.717, 1.165) is 15.7 Å². The Morgan fingerprint density at radius 3 is 2.62 bits per heavy atom. The molecule has 0 aromatic heterocycles. The van der Waals surface area contributed by atoms with Crippen LogP contribution < -0.4 is 5.32 Å². The number of nitrogens with one attached hydrogen (secondary N) is 1. The molecule has 5 atom stereocenters. The first-order valence-electron chi connectivity index (χ1n) is 10.3. The lowest BCUT2D eigenvalue weighted by Gasteiger charge is -2.38. The van der Waals surface area contributed by atoms with E-state index in [0.29, 0.717) is 16.9 Å². The highest BCUT2D eigenvalue weighted by molar-refractivity contribution is 9.10. The minimum absolute atomic E-state index is 0.00436. The number of nitro benzene ring substituents is 1. The van der Waals surface area contributed by atoms with Crippen LogP contribution in [-0.4, -0.2) is 15.6 Å². The number of benzene rings is 3. The Hall–Kier alpha value is -2.09. The molecule has 0 amide bonds. The number of nitrogens with zero attached hydrogens (tertiary/aromatic N) is 1. The maximum Gasteiger partial charge on any atom is 0.282 e. The van der Waals surface area contributed by atoms with Gasteiger partial charge in [-0.3, -0.25) is 10.1 Å². The van der Waals surface area contributed by atoms with E-state index >= 15 is 0 Å². The molecule has 1 saturated carbocycles. The maximum absolute atomic E-state index is 14.8. The topological polar surface area (TPSA) is 55.2 Å². The van der Waals surface area contributed by atoms with E-state index in [-0.39, 0.29) is 44.9 Å². The van der Waals surface area contributed by atoms with Crippen molar-refractivity contribution in [3.63, 3.8) is 0 Å². The molecule has 3 aromatic rings. The molecular formula is C24H19BrClFN2O2S. The maximum atomic E-state index is 14.8. The number of rotatable bonds is 4. The smallest absolute Gasteiger partial charge is 0.282 e. The fourth-order valence-corrected chi connectivity index (χ4v) is 7.32. The Morgan fingerprint density at radius 2 is 1.84 bits per heavy atom. The fourth-order valence-electron chi connectivity index (χ4n) is 4.99. The molecule has 4 nitrogen and oxygen atoms in total. The third kappa shape index (κ3) is 3.80. The van der Waals surface area contributed by atoms with E-state index in [2.05, 4.69) is 27.3 Å². The zero-order chi connectivity index (χ0) is 22.4. The van der Waals surface area contributed by atoms with Gasteiger partial charge in [0.15, 0.2) is 0 Å². The molecule has 164 valence electrons. The number of hydrogen-bond donors (Lipinski definition) is 1. The summed E-state index contributed by atoms with van der Waals surface area (Å²) < 4.78 is 15.8. The normalized spacial score (nSPS) is 26.2. The first kappa shape index (κ1) is 21.7. The summed E-state index contributed by atoms with van der Waals surface area (Å²) in [5.41, 5.74) is 2.76. The summed E-state index contributed by atoms with van der Waals surface area (Å²) in [5, 5.41) is 14.8. The lowest BCUT2D eigenvalue weighted by molar-refractivity contribution is -0.387. The third-order valence-corrected chi connectivity index (χ3v) is 8.96. The Labute approximate surface area is 202 Å². The highest BCUT2D eigenvalue weighted by Crippen LogP contribution is 2.58. The van der Waals surface area contributed by atoms with Crippen LogP contribution >= 0.6 is 39.3 Å². The molecule has 0 bridgehead atoms. The Morgan fingerprint density at radius 1 is 1.09 bits per heavy atom. The van der Waals surface area contributed by atoms with Crippen molar-refractivity contribution in [1.82, 2.24) is 0 Å². The van der Waals surface area contributed by atoms with Crippen molar-refractivity contribution in [3.8, 4) is 0 Å². The van der Waals surface area contributed by atoms with Gasteiger partial charge >= 0.3 is 0 Å². The van der Waals surface area contributed by atoms with Gasteiger partial charge in [0.25, 0.3) is 5.69 Å². The standard InChI is InChI=1S/C24H19BrClFN2O2S/c25-13-9-10-18-15(11-13)22-16(24(28-18)14-5-1-2-6-17(14)27)12-21(23(22)26)32-20-8-4-3-7-19(20)29(30)31/h1-11,16,21-24,28H,12H2/t16-,21-,22+,23-,24+/m0/s1. The molecule has 0 saturated heterocycles. The summed E-state index contributed by atoms with van der Waals surface area (Å²) in [5.74, 6) is -0.197. The summed E-state index contributed by atoms with van der Waals surface area (Å²) >= 11 is 12.1. The van der Waals surface area contributed by atoms with Gasteiger partial charge in [0, 0.05) is 33.0 Å². The summed E-state index contributed by atoms with van der Waals surface area (Å²) in [7, 11) is 0. The number of para-hydroxylation sites is 1. The van der Waals surface area contributed by atoms with E-state index in [4.69, 9.17) is 11.6 Å². The number of alkyl halides is 1. The number of thioether (sulfide) groups is 1. The van der Waals surface area contributed by atoms with Crippen molar-refractivity contribution in [3.05, 3.63) is 98.3 Å². The van der Waals surface area contributed by atoms with E-state index in [1.54, 1.807) is 24.3 Å². The minimum atomic E-state index is -0.357. The van der Waals surface area contributed by atoms with Crippen molar-refractivity contribution < 1.29 is 9.31 Å². The number of nitro groups is 1. The van der Waals surface area contributed by atoms with Crippen LogP contribution in [-0.2, 0) is 0 Å². The van der Waals surface area contributed by atoms with Crippen molar-refractivity contribution in [2.45, 2.75) is 33.9 Å². The Kier molecular flexibility index (Phi) is 5.90. The van der Waals surface area contributed by atoms with E-state index in [9.17, 15) is 14.5 Å². The second-order valence-corrected chi connectivity index (χ2v) is 10.8. The van der Waals surface area contributed by atoms with Crippen LogP contribution in [0.25, 0.3) is 0 Å². The van der Waals surface area contributed by atoms with Gasteiger partial charge in [-0.05, 0) is 48.2 Å². The molecule has 1 fully saturated rings. The van der Waals surface area contributed by atoms with Gasteiger partial charge in [-0.2, -0.15) is 0 Å². The summed E-state index contributed by atoms with van der Waals surface area (Å²) in [4.78, 5) is 11.8. The molecule has 1 heterocycles. The molecular weight excluding hydrogens is 515 g/mol. The quantitative estimate of drug-likeness (QED) is 0.214. The van der Waals surface area contributed by atoms with Crippen LogP contribution in [0.1, 0.15) is 29.5 Å². The van der Waals surface area contributed by atoms with Crippen molar-refractivity contribution in [2.24, 2.45) is 5.92 Å². The minimum Gasteiger partial charge on any atom is -0.378 e. The number of anilines is 1.